The van der Waals surface area contributed by atoms with Gasteiger partial charge in [0, 0.05) is 31.7 Å². The van der Waals surface area contributed by atoms with Crippen molar-refractivity contribution in [2.75, 3.05) is 18.4 Å². The minimum absolute atomic E-state index is 0.149. The molecule has 1 saturated heterocycles. The van der Waals surface area contributed by atoms with Crippen LogP contribution in [0, 0.1) is 5.92 Å². The first-order valence-corrected chi connectivity index (χ1v) is 10.6. The van der Waals surface area contributed by atoms with Gasteiger partial charge < -0.3 is 15.0 Å². The number of piperidine rings is 1. The molecule has 34 heavy (non-hydrogen) atoms. The summed E-state index contributed by atoms with van der Waals surface area (Å²) < 4.78 is 43.5. The number of amides is 2. The second-order valence-electron chi connectivity index (χ2n) is 7.91. The number of pyridine rings is 1. The molecule has 0 saturated carbocycles. The number of urea groups is 1. The summed E-state index contributed by atoms with van der Waals surface area (Å²) in [7, 11) is 0. The largest absolute Gasteiger partial charge is 0.424 e. The van der Waals surface area contributed by atoms with E-state index in [0.717, 1.165) is 5.56 Å². The van der Waals surface area contributed by atoms with Crippen molar-refractivity contribution >= 4 is 17.8 Å². The molecule has 1 aromatic carbocycles. The van der Waals surface area contributed by atoms with Crippen molar-refractivity contribution in [3.63, 3.8) is 0 Å². The van der Waals surface area contributed by atoms with E-state index in [1.807, 2.05) is 12.1 Å². The Kier molecular flexibility index (Phi) is 6.76. The summed E-state index contributed by atoms with van der Waals surface area (Å²) in [6.45, 7) is 3.22. The Bertz CT molecular complexity index is 1170. The zero-order valence-electron chi connectivity index (χ0n) is 18.3. The third-order valence-electron chi connectivity index (χ3n) is 5.37. The fourth-order valence-corrected chi connectivity index (χ4v) is 3.59. The number of carbonyl (C=O) groups is 1. The van der Waals surface area contributed by atoms with Crippen molar-refractivity contribution in [3.05, 3.63) is 77.9 Å². The lowest BCUT2D eigenvalue weighted by molar-refractivity contribution is -0.138. The van der Waals surface area contributed by atoms with Gasteiger partial charge in [0.1, 0.15) is 5.75 Å². The Balaban J connectivity index is 1.39. The van der Waals surface area contributed by atoms with Gasteiger partial charge in [-0.2, -0.15) is 13.2 Å². The third kappa shape index (κ3) is 5.89. The molecule has 1 atom stereocenters. The van der Waals surface area contributed by atoms with Gasteiger partial charge in [0.25, 0.3) is 0 Å². The molecule has 2 aromatic heterocycles. The molecule has 0 aliphatic carbocycles. The van der Waals surface area contributed by atoms with Crippen molar-refractivity contribution in [1.29, 1.82) is 0 Å². The van der Waals surface area contributed by atoms with Crippen molar-refractivity contribution in [3.8, 4) is 11.8 Å². The highest BCUT2D eigenvalue weighted by Crippen LogP contribution is 2.30. The predicted molar refractivity (Wildman–Crippen MR) is 120 cm³/mol. The maximum atomic E-state index is 12.7. The molecule has 1 fully saturated rings. The molecule has 0 radical (unpaired) electrons. The summed E-state index contributed by atoms with van der Waals surface area (Å²) in [6, 6.07) is 10.4. The van der Waals surface area contributed by atoms with Crippen molar-refractivity contribution in [2.45, 2.75) is 19.5 Å². The molecule has 1 aliphatic rings. The third-order valence-corrected chi connectivity index (χ3v) is 5.37. The lowest BCUT2D eigenvalue weighted by Gasteiger charge is -2.33. The SMILES string of the molecule is CC1CN(C(=O)Nc2cccnc2)CC/C1=C\c1cccc(Oc2ncc(C(F)(F)F)cn2)c1. The lowest BCUT2D eigenvalue weighted by Crippen LogP contribution is -2.42. The van der Waals surface area contributed by atoms with Gasteiger partial charge in [0.15, 0.2) is 0 Å². The van der Waals surface area contributed by atoms with E-state index in [-0.39, 0.29) is 18.0 Å². The predicted octanol–water partition coefficient (Wildman–Crippen LogP) is 5.64. The van der Waals surface area contributed by atoms with Crippen LogP contribution in [0.1, 0.15) is 24.5 Å². The van der Waals surface area contributed by atoms with E-state index < -0.39 is 11.7 Å². The number of hydrogen-bond donors (Lipinski definition) is 1. The average molecular weight is 469 g/mol. The zero-order chi connectivity index (χ0) is 24.1. The Hall–Kier alpha value is -3.95. The van der Waals surface area contributed by atoms with Crippen LogP contribution in [0.4, 0.5) is 23.7 Å². The number of alkyl halides is 3. The quantitative estimate of drug-likeness (QED) is 0.535. The fourth-order valence-electron chi connectivity index (χ4n) is 3.59. The number of benzene rings is 1. The summed E-state index contributed by atoms with van der Waals surface area (Å²) in [5.74, 6) is 0.561. The lowest BCUT2D eigenvalue weighted by atomic mass is 9.91. The van der Waals surface area contributed by atoms with E-state index in [1.165, 1.54) is 5.57 Å². The van der Waals surface area contributed by atoms with Gasteiger partial charge >= 0.3 is 18.2 Å². The van der Waals surface area contributed by atoms with E-state index >= 15 is 0 Å². The van der Waals surface area contributed by atoms with E-state index in [2.05, 4.69) is 27.2 Å². The first-order valence-electron chi connectivity index (χ1n) is 10.6. The molecular weight excluding hydrogens is 447 g/mol. The molecule has 3 heterocycles. The molecule has 2 amide bonds. The standard InChI is InChI=1S/C24H22F3N5O2/c1-16-15-32(23(33)31-20-5-3-8-28-14-20)9-7-18(16)10-17-4-2-6-21(11-17)34-22-29-12-19(13-30-22)24(25,26)27/h2-6,8,10-14,16H,7,9,15H2,1H3,(H,31,33)/b18-10+. The van der Waals surface area contributed by atoms with Crippen LogP contribution >= 0.6 is 0 Å². The molecule has 4 rings (SSSR count). The van der Waals surface area contributed by atoms with Crippen LogP contribution in [-0.4, -0.2) is 39.0 Å². The van der Waals surface area contributed by atoms with E-state index in [9.17, 15) is 18.0 Å². The molecule has 7 nitrogen and oxygen atoms in total. The minimum atomic E-state index is -4.50. The molecule has 10 heteroatoms. The van der Waals surface area contributed by atoms with Gasteiger partial charge in [-0.1, -0.05) is 30.7 Å². The number of hydrogen-bond acceptors (Lipinski definition) is 5. The number of nitrogens with zero attached hydrogens (tertiary/aromatic N) is 4. The van der Waals surface area contributed by atoms with Gasteiger partial charge in [-0.3, -0.25) is 4.98 Å². The first-order chi connectivity index (χ1) is 16.3. The average Bonchev–Trinajstić information content (AvgIpc) is 2.81. The number of carbonyl (C=O) groups excluding carboxylic acids is 1. The monoisotopic (exact) mass is 469 g/mol. The summed E-state index contributed by atoms with van der Waals surface area (Å²) in [4.78, 5) is 25.6. The Labute approximate surface area is 194 Å². The Morgan fingerprint density at radius 2 is 1.97 bits per heavy atom. The van der Waals surface area contributed by atoms with Gasteiger partial charge in [0.2, 0.25) is 0 Å². The van der Waals surface area contributed by atoms with Crippen molar-refractivity contribution in [2.24, 2.45) is 5.92 Å². The van der Waals surface area contributed by atoms with E-state index in [0.29, 0.717) is 43.3 Å². The van der Waals surface area contributed by atoms with Crippen LogP contribution in [0.2, 0.25) is 0 Å². The zero-order valence-corrected chi connectivity index (χ0v) is 18.3. The summed E-state index contributed by atoms with van der Waals surface area (Å²) >= 11 is 0. The second-order valence-corrected chi connectivity index (χ2v) is 7.91. The Morgan fingerprint density at radius 3 is 2.65 bits per heavy atom. The minimum Gasteiger partial charge on any atom is -0.424 e. The number of rotatable bonds is 4. The highest BCUT2D eigenvalue weighted by atomic mass is 19.4. The molecule has 1 aliphatic heterocycles. The van der Waals surface area contributed by atoms with Crippen molar-refractivity contribution in [1.82, 2.24) is 19.9 Å². The van der Waals surface area contributed by atoms with Gasteiger partial charge in [-0.15, -0.1) is 0 Å². The molecule has 1 N–H and O–H groups in total. The van der Waals surface area contributed by atoms with Crippen LogP contribution in [0.5, 0.6) is 11.8 Å². The van der Waals surface area contributed by atoms with Gasteiger partial charge in [0.05, 0.1) is 17.4 Å². The summed E-state index contributed by atoms with van der Waals surface area (Å²) in [6.07, 6.45) is 2.88. The molecule has 3 aromatic rings. The molecule has 0 spiro atoms. The smallest absolute Gasteiger partial charge is 0.419 e. The van der Waals surface area contributed by atoms with E-state index in [4.69, 9.17) is 4.74 Å². The molecular formula is C24H22F3N5O2. The van der Waals surface area contributed by atoms with Crippen LogP contribution in [0.3, 0.4) is 0 Å². The number of anilines is 1. The molecule has 1 unspecified atom stereocenters. The maximum Gasteiger partial charge on any atom is 0.419 e. The fraction of sp³-hybridized carbons (Fsp3) is 0.250. The van der Waals surface area contributed by atoms with Crippen LogP contribution in [-0.2, 0) is 6.18 Å². The number of aromatic nitrogens is 3. The highest BCUT2D eigenvalue weighted by Gasteiger charge is 2.31. The number of ether oxygens (including phenoxy) is 1. The number of nitrogens with one attached hydrogen (secondary N) is 1. The van der Waals surface area contributed by atoms with Gasteiger partial charge in [-0.25, -0.2) is 14.8 Å². The summed E-state index contributed by atoms with van der Waals surface area (Å²) in [5, 5.41) is 2.85. The van der Waals surface area contributed by atoms with Crippen LogP contribution < -0.4 is 10.1 Å². The van der Waals surface area contributed by atoms with Crippen molar-refractivity contribution < 1.29 is 22.7 Å². The highest BCUT2D eigenvalue weighted by molar-refractivity contribution is 5.89. The van der Waals surface area contributed by atoms with Gasteiger partial charge in [-0.05, 0) is 42.2 Å². The number of likely N-dealkylation sites (tertiary alicyclic amines) is 1. The summed E-state index contributed by atoms with van der Waals surface area (Å²) in [5.41, 5.74) is 1.77. The molecule has 176 valence electrons. The maximum absolute atomic E-state index is 12.7. The molecule has 0 bridgehead atoms. The topological polar surface area (TPSA) is 80.2 Å². The normalized spacial score (nSPS) is 17.5. The Morgan fingerprint density at radius 1 is 1.18 bits per heavy atom. The van der Waals surface area contributed by atoms with E-state index in [1.54, 1.807) is 47.6 Å². The van der Waals surface area contributed by atoms with Crippen LogP contribution in [0.15, 0.2) is 66.8 Å². The van der Waals surface area contributed by atoms with Crippen LogP contribution in [0.25, 0.3) is 6.08 Å². The second kappa shape index (κ2) is 9.90. The number of halogens is 3. The first kappa shape index (κ1) is 23.2.